The molecule has 1 aromatic heterocycles. The van der Waals surface area contributed by atoms with E-state index >= 15 is 0 Å². The molecule has 5 rings (SSSR count). The molecule has 1 fully saturated rings. The third-order valence-corrected chi connectivity index (χ3v) is 8.64. The van der Waals surface area contributed by atoms with Gasteiger partial charge in [0, 0.05) is 36.9 Å². The van der Waals surface area contributed by atoms with E-state index < -0.39 is 12.3 Å². The maximum absolute atomic E-state index is 11.7. The van der Waals surface area contributed by atoms with Crippen molar-refractivity contribution in [3.63, 3.8) is 0 Å². The van der Waals surface area contributed by atoms with Gasteiger partial charge in [0.2, 0.25) is 5.91 Å². The topological polar surface area (TPSA) is 118 Å². The third kappa shape index (κ3) is 7.32. The SMILES string of the molecule is CC(=O)NCc1ccccc1-c1ccc([C@H]2O[C@@H](CSc3ncccc3C(=O)O)[C@@H](C)[C@@H](c3ccc(CO)cc3)O2)cc1. The number of carboxylic acids is 1. The van der Waals surface area contributed by atoms with Gasteiger partial charge in [-0.3, -0.25) is 4.79 Å². The maximum atomic E-state index is 11.7. The van der Waals surface area contributed by atoms with Crippen molar-refractivity contribution in [1.29, 1.82) is 0 Å². The number of aromatic carboxylic acids is 1. The van der Waals surface area contributed by atoms with Crippen LogP contribution in [0.2, 0.25) is 0 Å². The molecule has 4 atom stereocenters. The van der Waals surface area contributed by atoms with Gasteiger partial charge < -0.3 is 25.0 Å². The van der Waals surface area contributed by atoms with E-state index in [1.165, 1.54) is 18.7 Å². The number of hydrogen-bond donors (Lipinski definition) is 3. The van der Waals surface area contributed by atoms with E-state index in [0.29, 0.717) is 17.3 Å². The Morgan fingerprint density at radius 1 is 0.930 bits per heavy atom. The average Bonchev–Trinajstić information content (AvgIpc) is 3.03. The number of nitrogens with one attached hydrogen (secondary N) is 1. The fourth-order valence-electron chi connectivity index (χ4n) is 5.14. The lowest BCUT2D eigenvalue weighted by molar-refractivity contribution is -0.268. The van der Waals surface area contributed by atoms with Gasteiger partial charge in [0.25, 0.3) is 0 Å². The van der Waals surface area contributed by atoms with Crippen LogP contribution in [0.1, 0.15) is 58.9 Å². The van der Waals surface area contributed by atoms with Crippen molar-refractivity contribution in [2.24, 2.45) is 5.92 Å². The predicted molar refractivity (Wildman–Crippen MR) is 164 cm³/mol. The predicted octanol–water partition coefficient (Wildman–Crippen LogP) is 6.16. The Bertz CT molecular complexity index is 1560. The third-order valence-electron chi connectivity index (χ3n) is 7.55. The van der Waals surface area contributed by atoms with Crippen LogP contribution >= 0.6 is 11.8 Å². The lowest BCUT2D eigenvalue weighted by atomic mass is 9.91. The van der Waals surface area contributed by atoms with Crippen LogP contribution in [0.15, 0.2) is 96.2 Å². The lowest BCUT2D eigenvalue weighted by Crippen LogP contribution is -2.38. The van der Waals surface area contributed by atoms with Crippen LogP contribution in [-0.2, 0) is 27.4 Å². The van der Waals surface area contributed by atoms with E-state index in [1.54, 1.807) is 18.3 Å². The molecule has 0 aliphatic carbocycles. The molecule has 1 aliphatic heterocycles. The minimum atomic E-state index is -1.02. The first-order valence-corrected chi connectivity index (χ1v) is 15.1. The normalized spacial score (nSPS) is 20.0. The summed E-state index contributed by atoms with van der Waals surface area (Å²) in [5, 5.41) is 22.5. The molecule has 1 saturated heterocycles. The van der Waals surface area contributed by atoms with Gasteiger partial charge in [-0.2, -0.15) is 0 Å². The molecule has 0 unspecified atom stereocenters. The summed E-state index contributed by atoms with van der Waals surface area (Å²) in [6.45, 7) is 3.97. The summed E-state index contributed by atoms with van der Waals surface area (Å²) in [4.78, 5) is 27.5. The number of aliphatic hydroxyl groups excluding tert-OH is 1. The summed E-state index contributed by atoms with van der Waals surface area (Å²) >= 11 is 1.36. The van der Waals surface area contributed by atoms with Gasteiger partial charge in [-0.1, -0.05) is 79.7 Å². The van der Waals surface area contributed by atoms with Crippen molar-refractivity contribution < 1.29 is 29.3 Å². The smallest absolute Gasteiger partial charge is 0.338 e. The van der Waals surface area contributed by atoms with Gasteiger partial charge in [0.15, 0.2) is 6.29 Å². The number of aliphatic hydroxyl groups is 1. The highest BCUT2D eigenvalue weighted by Crippen LogP contribution is 2.43. The standard InChI is InChI=1S/C34H34N2O6S/c1-21-30(20-43-32-29(33(39)40)8-5-17-35-32)41-34(42-31(21)25-11-9-23(19-37)10-12-25)26-15-13-24(14-16-26)28-7-4-3-6-27(28)18-36-22(2)38/h3-17,21,30-31,34,37H,18-20H2,1-2H3,(H,36,38)(H,39,40)/t21-,30+,31+,34+/m1/s1. The first-order chi connectivity index (χ1) is 20.8. The Morgan fingerprint density at radius 2 is 1.65 bits per heavy atom. The number of carbonyl (C=O) groups is 2. The molecule has 0 spiro atoms. The quantitative estimate of drug-likeness (QED) is 0.186. The zero-order chi connectivity index (χ0) is 30.3. The molecule has 3 N–H and O–H groups in total. The van der Waals surface area contributed by atoms with Crippen LogP contribution in [0.3, 0.4) is 0 Å². The van der Waals surface area contributed by atoms with Gasteiger partial charge in [0.1, 0.15) is 5.03 Å². The monoisotopic (exact) mass is 598 g/mol. The summed E-state index contributed by atoms with van der Waals surface area (Å²) in [6, 6.07) is 26.9. The van der Waals surface area contributed by atoms with Gasteiger partial charge in [0.05, 0.1) is 24.4 Å². The molecule has 1 amide bonds. The molecule has 1 aliphatic rings. The van der Waals surface area contributed by atoms with Crippen molar-refractivity contribution in [3.8, 4) is 11.1 Å². The van der Waals surface area contributed by atoms with Crippen molar-refractivity contribution in [2.75, 3.05) is 5.75 Å². The number of carbonyl (C=O) groups excluding carboxylic acids is 1. The first-order valence-electron chi connectivity index (χ1n) is 14.1. The number of benzene rings is 3. The highest BCUT2D eigenvalue weighted by molar-refractivity contribution is 7.99. The Hall–Kier alpha value is -4.02. The van der Waals surface area contributed by atoms with Crippen molar-refractivity contribution in [3.05, 3.63) is 119 Å². The Balaban J connectivity index is 1.41. The fourth-order valence-corrected chi connectivity index (χ4v) is 6.29. The van der Waals surface area contributed by atoms with Crippen LogP contribution in [0, 0.1) is 5.92 Å². The highest BCUT2D eigenvalue weighted by Gasteiger charge is 2.38. The van der Waals surface area contributed by atoms with Crippen LogP contribution in [0.4, 0.5) is 0 Å². The highest BCUT2D eigenvalue weighted by atomic mass is 32.2. The minimum Gasteiger partial charge on any atom is -0.478 e. The zero-order valence-electron chi connectivity index (χ0n) is 24.0. The molecule has 4 aromatic rings. The van der Waals surface area contributed by atoms with Crippen LogP contribution < -0.4 is 5.32 Å². The average molecular weight is 599 g/mol. The van der Waals surface area contributed by atoms with Crippen LogP contribution in [0.5, 0.6) is 0 Å². The van der Waals surface area contributed by atoms with Crippen molar-refractivity contribution in [1.82, 2.24) is 10.3 Å². The fraction of sp³-hybridized carbons (Fsp3) is 0.265. The second-order valence-electron chi connectivity index (χ2n) is 10.5. The maximum Gasteiger partial charge on any atom is 0.338 e. The molecule has 2 heterocycles. The summed E-state index contributed by atoms with van der Waals surface area (Å²) in [6.07, 6.45) is 0.370. The number of amides is 1. The molecular formula is C34H34N2O6S. The summed E-state index contributed by atoms with van der Waals surface area (Å²) in [7, 11) is 0. The number of pyridine rings is 1. The van der Waals surface area contributed by atoms with Crippen LogP contribution in [0.25, 0.3) is 11.1 Å². The molecule has 3 aromatic carbocycles. The summed E-state index contributed by atoms with van der Waals surface area (Å²) in [5.41, 5.74) is 5.86. The first kappa shape index (κ1) is 30.4. The zero-order valence-corrected chi connectivity index (χ0v) is 24.8. The lowest BCUT2D eigenvalue weighted by Gasteiger charge is -2.41. The van der Waals surface area contributed by atoms with Crippen molar-refractivity contribution in [2.45, 2.75) is 50.5 Å². The minimum absolute atomic E-state index is 0.0391. The number of aromatic nitrogens is 1. The molecule has 9 heteroatoms. The van der Waals surface area contributed by atoms with E-state index in [-0.39, 0.29) is 36.2 Å². The number of carboxylic acid groups (broad SMARTS) is 1. The molecule has 0 radical (unpaired) electrons. The number of rotatable bonds is 10. The number of ether oxygens (including phenoxy) is 2. The second-order valence-corrected chi connectivity index (χ2v) is 11.5. The molecule has 222 valence electrons. The van der Waals surface area contributed by atoms with E-state index in [1.807, 2.05) is 72.8 Å². The molecule has 0 bridgehead atoms. The molecule has 0 saturated carbocycles. The van der Waals surface area contributed by atoms with Gasteiger partial charge >= 0.3 is 5.97 Å². The molecule has 8 nitrogen and oxygen atoms in total. The Kier molecular flexibility index (Phi) is 9.89. The van der Waals surface area contributed by atoms with E-state index in [2.05, 4.69) is 17.2 Å². The van der Waals surface area contributed by atoms with E-state index in [9.17, 15) is 19.8 Å². The Labute approximate surface area is 255 Å². The van der Waals surface area contributed by atoms with Gasteiger partial charge in [-0.05, 0) is 39.9 Å². The molecular weight excluding hydrogens is 564 g/mol. The summed E-state index contributed by atoms with van der Waals surface area (Å²) in [5.74, 6) is -0.671. The van der Waals surface area contributed by atoms with E-state index in [0.717, 1.165) is 33.4 Å². The van der Waals surface area contributed by atoms with Gasteiger partial charge in [-0.15, -0.1) is 11.8 Å². The number of thioether (sulfide) groups is 1. The van der Waals surface area contributed by atoms with Crippen molar-refractivity contribution >= 4 is 23.6 Å². The molecule has 43 heavy (non-hydrogen) atoms. The Morgan fingerprint density at radius 3 is 2.35 bits per heavy atom. The number of nitrogens with zero attached hydrogens (tertiary/aromatic N) is 1. The van der Waals surface area contributed by atoms with Gasteiger partial charge in [-0.25, -0.2) is 9.78 Å². The number of hydrogen-bond acceptors (Lipinski definition) is 7. The van der Waals surface area contributed by atoms with Crippen LogP contribution in [-0.4, -0.2) is 38.9 Å². The second kappa shape index (κ2) is 14.0. The summed E-state index contributed by atoms with van der Waals surface area (Å²) < 4.78 is 13.1. The van der Waals surface area contributed by atoms with E-state index in [4.69, 9.17) is 9.47 Å². The largest absolute Gasteiger partial charge is 0.478 e.